The molecule has 1 aromatic carbocycles. The molecule has 0 aliphatic carbocycles. The summed E-state index contributed by atoms with van der Waals surface area (Å²) in [7, 11) is -2.94. The van der Waals surface area contributed by atoms with Crippen molar-refractivity contribution in [3.05, 3.63) is 24.3 Å². The number of hydrogen-bond acceptors (Lipinski definition) is 5. The van der Waals surface area contributed by atoms with Gasteiger partial charge in [-0.2, -0.15) is 8.78 Å². The SMILES string of the molecule is COC1(CNc2ccc(S(=O)(=O)C(F)F)cc2)CCOC1. The van der Waals surface area contributed by atoms with Crippen LogP contribution < -0.4 is 5.32 Å². The highest BCUT2D eigenvalue weighted by Gasteiger charge is 2.34. The van der Waals surface area contributed by atoms with E-state index in [1.165, 1.54) is 12.1 Å². The third kappa shape index (κ3) is 3.50. The summed E-state index contributed by atoms with van der Waals surface area (Å²) in [5.41, 5.74) is 0.222. The molecule has 1 heterocycles. The Hall–Kier alpha value is -1.25. The summed E-state index contributed by atoms with van der Waals surface area (Å²) in [5.74, 6) is -3.41. The van der Waals surface area contributed by atoms with Gasteiger partial charge in [-0.25, -0.2) is 8.42 Å². The predicted molar refractivity (Wildman–Crippen MR) is 73.3 cm³/mol. The molecule has 21 heavy (non-hydrogen) atoms. The molecule has 1 aromatic rings. The van der Waals surface area contributed by atoms with E-state index in [9.17, 15) is 17.2 Å². The van der Waals surface area contributed by atoms with Gasteiger partial charge in [-0.05, 0) is 24.3 Å². The molecule has 1 atom stereocenters. The molecule has 1 aliphatic heterocycles. The highest BCUT2D eigenvalue weighted by molar-refractivity contribution is 7.91. The second kappa shape index (κ2) is 6.25. The van der Waals surface area contributed by atoms with E-state index in [0.29, 0.717) is 25.4 Å². The number of ether oxygens (including phenoxy) is 2. The normalized spacial score (nSPS) is 22.7. The Morgan fingerprint density at radius 2 is 2.05 bits per heavy atom. The minimum absolute atomic E-state index is 0.395. The van der Waals surface area contributed by atoms with E-state index in [0.717, 1.165) is 18.6 Å². The van der Waals surface area contributed by atoms with Gasteiger partial charge in [0.05, 0.1) is 11.5 Å². The van der Waals surface area contributed by atoms with E-state index in [4.69, 9.17) is 9.47 Å². The summed E-state index contributed by atoms with van der Waals surface area (Å²) in [6, 6.07) is 5.23. The second-order valence-corrected chi connectivity index (χ2v) is 6.79. The van der Waals surface area contributed by atoms with Crippen molar-refractivity contribution in [1.82, 2.24) is 0 Å². The lowest BCUT2D eigenvalue weighted by atomic mass is 10.0. The predicted octanol–water partition coefficient (Wildman–Crippen LogP) is 1.90. The molecule has 118 valence electrons. The molecule has 0 saturated carbocycles. The molecule has 5 nitrogen and oxygen atoms in total. The first kappa shape index (κ1) is 16.1. The van der Waals surface area contributed by atoms with Gasteiger partial charge < -0.3 is 14.8 Å². The quantitative estimate of drug-likeness (QED) is 0.867. The Kier molecular flexibility index (Phi) is 4.80. The first-order valence-electron chi connectivity index (χ1n) is 6.38. The van der Waals surface area contributed by atoms with Crippen LogP contribution >= 0.6 is 0 Å². The maximum atomic E-state index is 12.4. The van der Waals surface area contributed by atoms with Gasteiger partial charge in [0.25, 0.3) is 0 Å². The van der Waals surface area contributed by atoms with E-state index in [1.54, 1.807) is 7.11 Å². The van der Waals surface area contributed by atoms with Crippen molar-refractivity contribution in [2.75, 3.05) is 32.2 Å². The van der Waals surface area contributed by atoms with Crippen LogP contribution in [0.2, 0.25) is 0 Å². The molecule has 0 aromatic heterocycles. The van der Waals surface area contributed by atoms with Gasteiger partial charge >= 0.3 is 5.76 Å². The molecular formula is C13H17F2NO4S. The number of methoxy groups -OCH3 is 1. The van der Waals surface area contributed by atoms with Crippen LogP contribution in [0.5, 0.6) is 0 Å². The third-order valence-corrected chi connectivity index (χ3v) is 4.93. The lowest BCUT2D eigenvalue weighted by Crippen LogP contribution is -2.39. The first-order valence-corrected chi connectivity index (χ1v) is 7.93. The zero-order chi connectivity index (χ0) is 15.5. The number of sulfone groups is 1. The fraction of sp³-hybridized carbons (Fsp3) is 0.538. The Labute approximate surface area is 122 Å². The summed E-state index contributed by atoms with van der Waals surface area (Å²) < 4.78 is 58.2. The molecule has 1 N–H and O–H groups in total. The highest BCUT2D eigenvalue weighted by Crippen LogP contribution is 2.24. The number of nitrogens with one attached hydrogen (secondary N) is 1. The standard InChI is InChI=1S/C13H17F2NO4S/c1-19-13(6-7-20-9-13)8-16-10-2-4-11(5-3-10)21(17,18)12(14)15/h2-5,12,16H,6-9H2,1H3. The second-order valence-electron chi connectivity index (χ2n) is 4.87. The molecule has 1 aliphatic rings. The topological polar surface area (TPSA) is 64.6 Å². The van der Waals surface area contributed by atoms with Gasteiger partial charge in [0.2, 0.25) is 9.84 Å². The molecule has 8 heteroatoms. The first-order chi connectivity index (χ1) is 9.89. The van der Waals surface area contributed by atoms with Crippen LogP contribution in [0.1, 0.15) is 6.42 Å². The van der Waals surface area contributed by atoms with Crippen LogP contribution in [0, 0.1) is 0 Å². The number of hydrogen-bond donors (Lipinski definition) is 1. The molecule has 0 amide bonds. The maximum Gasteiger partial charge on any atom is 0.341 e. The van der Waals surface area contributed by atoms with E-state index < -0.39 is 26.1 Å². The molecule has 0 bridgehead atoms. The van der Waals surface area contributed by atoms with Gasteiger partial charge in [-0.3, -0.25) is 0 Å². The van der Waals surface area contributed by atoms with E-state index in [-0.39, 0.29) is 0 Å². The van der Waals surface area contributed by atoms with Crippen molar-refractivity contribution in [1.29, 1.82) is 0 Å². The lowest BCUT2D eigenvalue weighted by Gasteiger charge is -2.26. The monoisotopic (exact) mass is 321 g/mol. The Morgan fingerprint density at radius 3 is 2.52 bits per heavy atom. The summed E-state index contributed by atoms with van der Waals surface area (Å²) in [6.45, 7) is 1.60. The van der Waals surface area contributed by atoms with Crippen molar-refractivity contribution < 1.29 is 26.7 Å². The van der Waals surface area contributed by atoms with Crippen LogP contribution in [-0.2, 0) is 19.3 Å². The average molecular weight is 321 g/mol. The number of alkyl halides is 2. The van der Waals surface area contributed by atoms with Crippen LogP contribution in [-0.4, -0.2) is 46.6 Å². The zero-order valence-electron chi connectivity index (χ0n) is 11.5. The van der Waals surface area contributed by atoms with Crippen molar-refractivity contribution in [3.63, 3.8) is 0 Å². The van der Waals surface area contributed by atoms with Crippen LogP contribution in [0.25, 0.3) is 0 Å². The number of benzene rings is 1. The van der Waals surface area contributed by atoms with Gasteiger partial charge in [-0.15, -0.1) is 0 Å². The Morgan fingerprint density at radius 1 is 1.38 bits per heavy atom. The Balaban J connectivity index is 2.03. The van der Waals surface area contributed by atoms with Gasteiger partial charge in [0.1, 0.15) is 5.60 Å². The van der Waals surface area contributed by atoms with E-state index in [1.807, 2.05) is 0 Å². The molecule has 2 rings (SSSR count). The highest BCUT2D eigenvalue weighted by atomic mass is 32.2. The molecule has 0 spiro atoms. The summed E-state index contributed by atoms with van der Waals surface area (Å²) in [5, 5.41) is 3.10. The molecular weight excluding hydrogens is 304 g/mol. The molecule has 0 radical (unpaired) electrons. The lowest BCUT2D eigenvalue weighted by molar-refractivity contribution is -0.00619. The molecule has 1 unspecified atom stereocenters. The van der Waals surface area contributed by atoms with E-state index >= 15 is 0 Å². The number of halogens is 2. The minimum Gasteiger partial charge on any atom is -0.382 e. The average Bonchev–Trinajstić information content (AvgIpc) is 2.95. The van der Waals surface area contributed by atoms with Crippen molar-refractivity contribution >= 4 is 15.5 Å². The summed E-state index contributed by atoms with van der Waals surface area (Å²) in [6.07, 6.45) is 0.758. The number of anilines is 1. The minimum atomic E-state index is -4.55. The van der Waals surface area contributed by atoms with Crippen molar-refractivity contribution in [3.8, 4) is 0 Å². The van der Waals surface area contributed by atoms with Crippen LogP contribution in [0.3, 0.4) is 0 Å². The maximum absolute atomic E-state index is 12.4. The van der Waals surface area contributed by atoms with Crippen molar-refractivity contribution in [2.24, 2.45) is 0 Å². The van der Waals surface area contributed by atoms with Crippen LogP contribution in [0.4, 0.5) is 14.5 Å². The third-order valence-electron chi connectivity index (χ3n) is 3.53. The van der Waals surface area contributed by atoms with Crippen LogP contribution in [0.15, 0.2) is 29.2 Å². The smallest absolute Gasteiger partial charge is 0.341 e. The van der Waals surface area contributed by atoms with Crippen molar-refractivity contribution in [2.45, 2.75) is 22.7 Å². The largest absolute Gasteiger partial charge is 0.382 e. The van der Waals surface area contributed by atoms with E-state index in [2.05, 4.69) is 5.32 Å². The molecule has 1 fully saturated rings. The fourth-order valence-electron chi connectivity index (χ4n) is 2.09. The van der Waals surface area contributed by atoms with Gasteiger partial charge in [0.15, 0.2) is 0 Å². The van der Waals surface area contributed by atoms with Gasteiger partial charge in [-0.1, -0.05) is 0 Å². The molecule has 1 saturated heterocycles. The summed E-state index contributed by atoms with van der Waals surface area (Å²) in [4.78, 5) is -0.395. The summed E-state index contributed by atoms with van der Waals surface area (Å²) >= 11 is 0. The zero-order valence-corrected chi connectivity index (χ0v) is 12.3. The number of rotatable bonds is 6. The van der Waals surface area contributed by atoms with Gasteiger partial charge in [0, 0.05) is 32.4 Å². The fourth-order valence-corrected chi connectivity index (χ4v) is 2.81. The Bertz CT molecular complexity index is 568.